The minimum atomic E-state index is -1.31. The molecule has 1 saturated carbocycles. The van der Waals surface area contributed by atoms with E-state index in [0.717, 1.165) is 19.3 Å². The summed E-state index contributed by atoms with van der Waals surface area (Å²) in [5.74, 6) is 0.873. The number of hydrogen-bond donors (Lipinski definition) is 3. The summed E-state index contributed by atoms with van der Waals surface area (Å²) < 4.78 is 5.31. The quantitative estimate of drug-likeness (QED) is 0.392. The van der Waals surface area contributed by atoms with E-state index in [1.54, 1.807) is 45.0 Å². The average molecular weight is 513 g/mol. The van der Waals surface area contributed by atoms with Crippen LogP contribution in [-0.4, -0.2) is 52.4 Å². The third kappa shape index (κ3) is 8.52. The second-order valence-electron chi connectivity index (χ2n) is 10.5. The minimum Gasteiger partial charge on any atom is -0.444 e. The smallest absolute Gasteiger partial charge is 0.408 e. The normalized spacial score (nSPS) is 15.8. The first kappa shape index (κ1) is 29.7. The molecule has 37 heavy (non-hydrogen) atoms. The van der Waals surface area contributed by atoms with Crippen LogP contribution < -0.4 is 16.4 Å². The van der Waals surface area contributed by atoms with E-state index >= 15 is 0 Å². The molecular weight excluding hydrogens is 472 g/mol. The zero-order valence-corrected chi connectivity index (χ0v) is 22.5. The van der Waals surface area contributed by atoms with Gasteiger partial charge in [0.2, 0.25) is 17.7 Å². The molecule has 1 aliphatic rings. The largest absolute Gasteiger partial charge is 0.444 e. The Morgan fingerprint density at radius 3 is 2.35 bits per heavy atom. The molecule has 0 bridgehead atoms. The van der Waals surface area contributed by atoms with Crippen LogP contribution in [0.15, 0.2) is 24.3 Å². The molecule has 202 valence electrons. The molecule has 4 N–H and O–H groups in total. The van der Waals surface area contributed by atoms with Gasteiger partial charge in [-0.3, -0.25) is 14.4 Å². The number of hydrogen-bond acceptors (Lipinski definition) is 5. The van der Waals surface area contributed by atoms with E-state index in [-0.39, 0.29) is 18.0 Å². The summed E-state index contributed by atoms with van der Waals surface area (Å²) in [7, 11) is 0. The zero-order valence-electron chi connectivity index (χ0n) is 22.5. The lowest BCUT2D eigenvalue weighted by molar-refractivity contribution is -0.148. The van der Waals surface area contributed by atoms with Gasteiger partial charge in [0.1, 0.15) is 17.7 Å². The second-order valence-corrected chi connectivity index (χ2v) is 10.5. The molecule has 0 saturated heterocycles. The third-order valence-electron chi connectivity index (χ3n) is 6.16. The zero-order chi connectivity index (χ0) is 27.8. The summed E-state index contributed by atoms with van der Waals surface area (Å²) in [4.78, 5) is 53.8. The van der Waals surface area contributed by atoms with E-state index in [9.17, 15) is 19.2 Å². The fourth-order valence-corrected chi connectivity index (χ4v) is 4.33. The topological polar surface area (TPSA) is 131 Å². The molecule has 0 heterocycles. The van der Waals surface area contributed by atoms with Gasteiger partial charge in [-0.1, -0.05) is 37.5 Å². The number of carbonyl (C=O) groups is 4. The summed E-state index contributed by atoms with van der Waals surface area (Å²) >= 11 is 0. The summed E-state index contributed by atoms with van der Waals surface area (Å²) in [6.07, 6.45) is 8.33. The Kier molecular flexibility index (Phi) is 10.5. The van der Waals surface area contributed by atoms with Crippen LogP contribution >= 0.6 is 0 Å². The third-order valence-corrected chi connectivity index (χ3v) is 6.16. The average Bonchev–Trinajstić information content (AvgIpc) is 2.75. The predicted molar refractivity (Wildman–Crippen MR) is 141 cm³/mol. The summed E-state index contributed by atoms with van der Waals surface area (Å²) in [5, 5.41) is 5.51. The van der Waals surface area contributed by atoms with E-state index in [1.807, 2.05) is 13.8 Å². The number of carbonyl (C=O) groups excluding carboxylic acids is 4. The second kappa shape index (κ2) is 13.1. The monoisotopic (exact) mass is 512 g/mol. The summed E-state index contributed by atoms with van der Waals surface area (Å²) in [5.41, 5.74) is 5.61. The van der Waals surface area contributed by atoms with Crippen molar-refractivity contribution in [3.05, 3.63) is 35.4 Å². The molecular formula is C28H40N4O5. The van der Waals surface area contributed by atoms with Crippen LogP contribution in [0.1, 0.15) is 90.3 Å². The van der Waals surface area contributed by atoms with E-state index in [4.69, 9.17) is 16.9 Å². The van der Waals surface area contributed by atoms with Gasteiger partial charge in [-0.15, -0.1) is 6.42 Å². The van der Waals surface area contributed by atoms with Crippen molar-refractivity contribution in [1.82, 2.24) is 15.5 Å². The van der Waals surface area contributed by atoms with E-state index < -0.39 is 42.0 Å². The van der Waals surface area contributed by atoms with Crippen molar-refractivity contribution < 1.29 is 23.9 Å². The van der Waals surface area contributed by atoms with Crippen LogP contribution in [0.5, 0.6) is 0 Å². The van der Waals surface area contributed by atoms with Gasteiger partial charge in [0.15, 0.2) is 0 Å². The Labute approximate surface area is 219 Å². The van der Waals surface area contributed by atoms with Crippen molar-refractivity contribution in [3.8, 4) is 12.3 Å². The van der Waals surface area contributed by atoms with Crippen molar-refractivity contribution in [2.45, 2.75) is 103 Å². The molecule has 2 rings (SSSR count). The molecule has 1 fully saturated rings. The lowest BCUT2D eigenvalue weighted by Gasteiger charge is -2.44. The lowest BCUT2D eigenvalue weighted by Crippen LogP contribution is -2.58. The Balaban J connectivity index is 2.55. The first-order valence-electron chi connectivity index (χ1n) is 12.8. The molecule has 9 heteroatoms. The molecule has 9 nitrogen and oxygen atoms in total. The van der Waals surface area contributed by atoms with Gasteiger partial charge < -0.3 is 26.0 Å². The van der Waals surface area contributed by atoms with Gasteiger partial charge >= 0.3 is 6.09 Å². The number of rotatable bonds is 11. The van der Waals surface area contributed by atoms with Gasteiger partial charge in [-0.25, -0.2) is 4.79 Å². The van der Waals surface area contributed by atoms with Gasteiger partial charge in [0.25, 0.3) is 0 Å². The number of primary amides is 1. The number of alkyl carbamates (subject to hydrolysis) is 1. The Morgan fingerprint density at radius 2 is 1.84 bits per heavy atom. The number of nitrogens with one attached hydrogen (secondary N) is 2. The molecule has 1 aromatic rings. The van der Waals surface area contributed by atoms with Crippen LogP contribution in [0.2, 0.25) is 0 Å². The maximum Gasteiger partial charge on any atom is 0.408 e. The highest BCUT2D eigenvalue weighted by molar-refractivity contribution is 5.95. The highest BCUT2D eigenvalue weighted by atomic mass is 16.6. The first-order chi connectivity index (χ1) is 17.4. The van der Waals surface area contributed by atoms with Crippen LogP contribution in [-0.2, 0) is 19.1 Å². The Hall–Kier alpha value is -3.54. The van der Waals surface area contributed by atoms with E-state index in [1.165, 1.54) is 4.90 Å². The molecule has 1 aliphatic carbocycles. The molecule has 0 aliphatic heterocycles. The molecule has 1 aromatic carbocycles. The molecule has 4 amide bonds. The molecule has 0 spiro atoms. The molecule has 0 aromatic heterocycles. The van der Waals surface area contributed by atoms with Crippen molar-refractivity contribution in [2.75, 3.05) is 0 Å². The van der Waals surface area contributed by atoms with Gasteiger partial charge in [0.05, 0.1) is 6.42 Å². The summed E-state index contributed by atoms with van der Waals surface area (Å²) in [6.45, 7) is 8.99. The van der Waals surface area contributed by atoms with E-state index in [0.29, 0.717) is 24.0 Å². The van der Waals surface area contributed by atoms with Crippen LogP contribution in [0, 0.1) is 12.3 Å². The number of nitrogens with two attached hydrogens (primary N) is 1. The fourth-order valence-electron chi connectivity index (χ4n) is 4.33. The van der Waals surface area contributed by atoms with Gasteiger partial charge in [-0.05, 0) is 65.0 Å². The van der Waals surface area contributed by atoms with Crippen molar-refractivity contribution in [3.63, 3.8) is 0 Å². The van der Waals surface area contributed by atoms with Gasteiger partial charge in [0, 0.05) is 17.6 Å². The Morgan fingerprint density at radius 1 is 1.19 bits per heavy atom. The van der Waals surface area contributed by atoms with E-state index in [2.05, 4.69) is 16.6 Å². The Bertz CT molecular complexity index is 1020. The molecule has 0 radical (unpaired) electrons. The predicted octanol–water partition coefficient (Wildman–Crippen LogP) is 3.16. The highest BCUT2D eigenvalue weighted by Crippen LogP contribution is 2.35. The standard InChI is InChI=1S/C28H40N4O5/c1-7-12-18(3)30-25(34)24(21-16-10-9-13-19(21)8-2)32(20-14-11-15-20)26(35)22(17-23(29)33)31-27(36)37-28(4,5)6/h2,9-10,13,16,18,20,22,24H,7,11-12,14-15,17H2,1,3-6H3,(H2,29,33)(H,30,34)(H,31,36). The fraction of sp³-hybridized carbons (Fsp3) is 0.571. The van der Waals surface area contributed by atoms with Crippen molar-refractivity contribution in [1.29, 1.82) is 0 Å². The number of amides is 4. The van der Waals surface area contributed by atoms with Crippen LogP contribution in [0.4, 0.5) is 4.79 Å². The van der Waals surface area contributed by atoms with Crippen molar-refractivity contribution >= 4 is 23.8 Å². The van der Waals surface area contributed by atoms with Gasteiger partial charge in [-0.2, -0.15) is 0 Å². The molecule has 3 atom stereocenters. The van der Waals surface area contributed by atoms with Crippen LogP contribution in [0.3, 0.4) is 0 Å². The lowest BCUT2D eigenvalue weighted by atomic mass is 9.87. The minimum absolute atomic E-state index is 0.127. The maximum absolute atomic E-state index is 14.1. The number of terminal acetylenes is 1. The molecule has 3 unspecified atom stereocenters. The SMILES string of the molecule is C#Cc1ccccc1C(C(=O)NC(C)CCC)N(C(=O)C(CC(N)=O)NC(=O)OC(C)(C)C)C1CCC1. The summed E-state index contributed by atoms with van der Waals surface area (Å²) in [6, 6.07) is 4.21. The number of nitrogens with zero attached hydrogens (tertiary/aromatic N) is 1. The number of benzene rings is 1. The van der Waals surface area contributed by atoms with Crippen LogP contribution in [0.25, 0.3) is 0 Å². The maximum atomic E-state index is 14.1. The first-order valence-corrected chi connectivity index (χ1v) is 12.8. The highest BCUT2D eigenvalue weighted by Gasteiger charge is 2.43. The number of ether oxygens (including phenoxy) is 1. The van der Waals surface area contributed by atoms with Crippen molar-refractivity contribution in [2.24, 2.45) is 5.73 Å².